The van der Waals surface area contributed by atoms with Gasteiger partial charge < -0.3 is 0 Å². The Hall–Kier alpha value is -4.20. The van der Waals surface area contributed by atoms with E-state index >= 15 is 0 Å². The second-order valence-corrected chi connectivity index (χ2v) is 11.6. The van der Waals surface area contributed by atoms with Crippen molar-refractivity contribution in [2.45, 2.75) is 11.8 Å². The van der Waals surface area contributed by atoms with Gasteiger partial charge in [-0.1, -0.05) is 143 Å². The molecular weight excluding hydrogens is 536 g/mol. The molecule has 1 heteroatoms. The Labute approximate surface area is 237 Å². The zero-order valence-electron chi connectivity index (χ0n) is 21.4. The summed E-state index contributed by atoms with van der Waals surface area (Å²) >= 11 is 3.60. The van der Waals surface area contributed by atoms with Gasteiger partial charge in [-0.05, 0) is 85.3 Å². The van der Waals surface area contributed by atoms with Crippen molar-refractivity contribution in [3.63, 3.8) is 0 Å². The van der Waals surface area contributed by atoms with Crippen molar-refractivity contribution in [1.82, 2.24) is 0 Å². The summed E-state index contributed by atoms with van der Waals surface area (Å²) in [7, 11) is 0. The lowest BCUT2D eigenvalue weighted by atomic mass is 9.70. The van der Waals surface area contributed by atoms with E-state index in [9.17, 15) is 0 Å². The monoisotopic (exact) mass is 560 g/mol. The lowest BCUT2D eigenvalue weighted by molar-refractivity contribution is 0.792. The molecule has 0 radical (unpaired) electrons. The molecule has 2 aliphatic rings. The van der Waals surface area contributed by atoms with Crippen LogP contribution in [0.2, 0.25) is 0 Å². The van der Waals surface area contributed by atoms with Crippen molar-refractivity contribution in [2.24, 2.45) is 0 Å². The van der Waals surface area contributed by atoms with E-state index < -0.39 is 0 Å². The maximum Gasteiger partial charge on any atom is 0.0725 e. The molecule has 0 unspecified atom stereocenters. The zero-order chi connectivity index (χ0) is 26.0. The Balaban J connectivity index is 1.26. The van der Waals surface area contributed by atoms with Crippen LogP contribution in [0.5, 0.6) is 0 Å². The van der Waals surface area contributed by atoms with E-state index in [1.165, 1.54) is 66.8 Å². The summed E-state index contributed by atoms with van der Waals surface area (Å²) in [5.74, 6) is 0. The SMILES string of the molecule is Brc1cccc(-c2ccc(Cc3ccc4c(c3)C3(c5ccccc5-c5ccccc53)c3ccccc3-4)cc2)c1. The van der Waals surface area contributed by atoms with Gasteiger partial charge in [0.05, 0.1) is 5.41 Å². The highest BCUT2D eigenvalue weighted by Crippen LogP contribution is 2.62. The maximum absolute atomic E-state index is 3.60. The van der Waals surface area contributed by atoms with Crippen LogP contribution < -0.4 is 0 Å². The number of benzene rings is 6. The molecule has 184 valence electrons. The molecule has 0 heterocycles. The van der Waals surface area contributed by atoms with Gasteiger partial charge in [-0.15, -0.1) is 0 Å². The van der Waals surface area contributed by atoms with Crippen LogP contribution >= 0.6 is 15.9 Å². The molecule has 0 saturated heterocycles. The highest BCUT2D eigenvalue weighted by molar-refractivity contribution is 9.10. The molecule has 0 aliphatic heterocycles. The van der Waals surface area contributed by atoms with Crippen molar-refractivity contribution in [2.75, 3.05) is 0 Å². The fourth-order valence-corrected chi connectivity index (χ4v) is 7.37. The third kappa shape index (κ3) is 3.30. The first kappa shape index (κ1) is 22.8. The minimum absolute atomic E-state index is 0.278. The quantitative estimate of drug-likeness (QED) is 0.201. The fraction of sp³-hybridized carbons (Fsp3) is 0.0526. The van der Waals surface area contributed by atoms with Gasteiger partial charge in [-0.3, -0.25) is 0 Å². The zero-order valence-corrected chi connectivity index (χ0v) is 23.0. The average molecular weight is 562 g/mol. The molecule has 0 atom stereocenters. The molecule has 2 aliphatic carbocycles. The van der Waals surface area contributed by atoms with Gasteiger partial charge in [0.15, 0.2) is 0 Å². The second-order valence-electron chi connectivity index (χ2n) is 10.7. The average Bonchev–Trinajstić information content (AvgIpc) is 3.45. The maximum atomic E-state index is 3.60. The Morgan fingerprint density at radius 3 is 1.54 bits per heavy atom. The van der Waals surface area contributed by atoms with Crippen LogP contribution in [0.15, 0.2) is 144 Å². The molecular formula is C38H25Br. The predicted molar refractivity (Wildman–Crippen MR) is 165 cm³/mol. The van der Waals surface area contributed by atoms with Crippen molar-refractivity contribution in [1.29, 1.82) is 0 Å². The van der Waals surface area contributed by atoms with Gasteiger partial charge in [-0.2, -0.15) is 0 Å². The van der Waals surface area contributed by atoms with E-state index in [1.54, 1.807) is 0 Å². The van der Waals surface area contributed by atoms with Gasteiger partial charge in [0, 0.05) is 4.47 Å². The van der Waals surface area contributed by atoms with E-state index in [-0.39, 0.29) is 5.41 Å². The topological polar surface area (TPSA) is 0 Å². The molecule has 0 saturated carbocycles. The summed E-state index contributed by atoms with van der Waals surface area (Å²) in [6.07, 6.45) is 0.905. The van der Waals surface area contributed by atoms with Crippen molar-refractivity contribution in [3.8, 4) is 33.4 Å². The summed E-state index contributed by atoms with van der Waals surface area (Å²) in [6.45, 7) is 0. The lowest BCUT2D eigenvalue weighted by Crippen LogP contribution is -2.26. The van der Waals surface area contributed by atoms with Crippen LogP contribution in [-0.2, 0) is 11.8 Å². The van der Waals surface area contributed by atoms with Gasteiger partial charge in [0.2, 0.25) is 0 Å². The summed E-state index contributed by atoms with van der Waals surface area (Å²) in [4.78, 5) is 0. The summed E-state index contributed by atoms with van der Waals surface area (Å²) < 4.78 is 1.10. The molecule has 0 aromatic heterocycles. The van der Waals surface area contributed by atoms with Crippen molar-refractivity contribution < 1.29 is 0 Å². The molecule has 0 bridgehead atoms. The van der Waals surface area contributed by atoms with Crippen molar-refractivity contribution >= 4 is 15.9 Å². The largest absolute Gasteiger partial charge is 0.0725 e. The summed E-state index contributed by atoms with van der Waals surface area (Å²) in [5, 5.41) is 0. The minimum Gasteiger partial charge on any atom is -0.0619 e. The molecule has 6 aromatic carbocycles. The van der Waals surface area contributed by atoms with Gasteiger partial charge >= 0.3 is 0 Å². The third-order valence-electron chi connectivity index (χ3n) is 8.58. The minimum atomic E-state index is -0.278. The summed E-state index contributed by atoms with van der Waals surface area (Å²) in [5.41, 5.74) is 15.9. The van der Waals surface area contributed by atoms with E-state index in [1.807, 2.05) is 0 Å². The molecule has 6 aromatic rings. The van der Waals surface area contributed by atoms with Gasteiger partial charge in [0.25, 0.3) is 0 Å². The molecule has 0 fully saturated rings. The van der Waals surface area contributed by atoms with Crippen LogP contribution in [0.4, 0.5) is 0 Å². The number of rotatable bonds is 3. The predicted octanol–water partition coefficient (Wildman–Crippen LogP) is 10.1. The second kappa shape index (κ2) is 8.66. The van der Waals surface area contributed by atoms with Crippen LogP contribution in [0.3, 0.4) is 0 Å². The first-order valence-corrected chi connectivity index (χ1v) is 14.3. The Morgan fingerprint density at radius 1 is 0.410 bits per heavy atom. The highest BCUT2D eigenvalue weighted by atomic mass is 79.9. The molecule has 0 N–H and O–H groups in total. The van der Waals surface area contributed by atoms with Crippen LogP contribution in [0.1, 0.15) is 33.4 Å². The normalized spacial score (nSPS) is 13.6. The van der Waals surface area contributed by atoms with E-state index in [2.05, 4.69) is 155 Å². The molecule has 8 rings (SSSR count). The first-order valence-electron chi connectivity index (χ1n) is 13.5. The van der Waals surface area contributed by atoms with E-state index in [4.69, 9.17) is 0 Å². The van der Waals surface area contributed by atoms with Gasteiger partial charge in [-0.25, -0.2) is 0 Å². The van der Waals surface area contributed by atoms with Crippen molar-refractivity contribution in [3.05, 3.63) is 177 Å². The third-order valence-corrected chi connectivity index (χ3v) is 9.07. The lowest BCUT2D eigenvalue weighted by Gasteiger charge is -2.30. The van der Waals surface area contributed by atoms with E-state index in [0.29, 0.717) is 0 Å². The fourth-order valence-electron chi connectivity index (χ4n) is 6.97. The number of halogens is 1. The molecule has 0 nitrogen and oxygen atoms in total. The molecule has 0 amide bonds. The van der Waals surface area contributed by atoms with Crippen LogP contribution in [0.25, 0.3) is 33.4 Å². The molecule has 1 spiro atoms. The highest BCUT2D eigenvalue weighted by Gasteiger charge is 2.51. The standard InChI is InChI=1S/C38H25Br/c39-29-9-7-8-28(24-29)27-19-16-25(17-20-27)22-26-18-21-33-32-12-3-6-15-36(32)38(37(33)23-26)34-13-4-1-10-30(34)31-11-2-5-14-35(31)38/h1-21,23-24H,22H2. The Morgan fingerprint density at radius 2 is 0.949 bits per heavy atom. The molecule has 39 heavy (non-hydrogen) atoms. The van der Waals surface area contributed by atoms with Crippen LogP contribution in [0, 0.1) is 0 Å². The Bertz CT molecular complexity index is 1830. The van der Waals surface area contributed by atoms with Gasteiger partial charge in [0.1, 0.15) is 0 Å². The first-order chi connectivity index (χ1) is 19.2. The number of hydrogen-bond donors (Lipinski definition) is 0. The summed E-state index contributed by atoms with van der Waals surface area (Å²) in [6, 6.07) is 51.7. The number of hydrogen-bond acceptors (Lipinski definition) is 0. The number of fused-ring (bicyclic) bond motifs is 10. The smallest absolute Gasteiger partial charge is 0.0619 e. The van der Waals surface area contributed by atoms with Crippen LogP contribution in [-0.4, -0.2) is 0 Å². The Kier molecular flexibility index (Phi) is 5.05. The van der Waals surface area contributed by atoms with E-state index in [0.717, 1.165) is 10.9 Å².